The number of rotatable bonds is 12. The van der Waals surface area contributed by atoms with Crippen LogP contribution in [-0.4, -0.2) is 71.5 Å². The van der Waals surface area contributed by atoms with E-state index >= 15 is 0 Å². The molecule has 5 rings (SSSR count). The van der Waals surface area contributed by atoms with E-state index in [-0.39, 0.29) is 24.4 Å². The van der Waals surface area contributed by atoms with Gasteiger partial charge in [-0.25, -0.2) is 9.97 Å². The number of nitrogens with zero attached hydrogens (tertiary/aromatic N) is 3. The molecule has 11 heteroatoms. The van der Waals surface area contributed by atoms with Crippen molar-refractivity contribution < 1.29 is 23.7 Å². The zero-order valence-corrected chi connectivity index (χ0v) is 24.2. The number of hydrogen-bond acceptors (Lipinski definition) is 10. The highest BCUT2D eigenvalue weighted by molar-refractivity contribution is 5.87. The van der Waals surface area contributed by atoms with E-state index in [2.05, 4.69) is 34.4 Å². The lowest BCUT2D eigenvalue weighted by Gasteiger charge is -2.28. The second-order valence-electron chi connectivity index (χ2n) is 11.2. The number of hydrogen-bond donors (Lipinski definition) is 3. The fraction of sp³-hybridized carbons (Fsp3) is 0.586. The second kappa shape index (κ2) is 11.9. The maximum atomic E-state index is 6.68. The Morgan fingerprint density at radius 1 is 1.10 bits per heavy atom. The first kappa shape index (κ1) is 28.6. The smallest absolute Gasteiger partial charge is 0.164 e. The SMILES string of the molecule is COc1ccc(CNc2ncnc3c2ccn3[C@@H]2O[C@H](CC(CCN)NC(C)C)[C@H]3OC(C)(C)O[C@H]32)c(OC)c1. The van der Waals surface area contributed by atoms with Crippen LogP contribution in [0, 0.1) is 0 Å². The molecule has 1 unspecified atom stereocenters. The van der Waals surface area contributed by atoms with Gasteiger partial charge < -0.3 is 44.6 Å². The van der Waals surface area contributed by atoms with Gasteiger partial charge in [0.15, 0.2) is 12.0 Å². The highest BCUT2D eigenvalue weighted by Gasteiger charge is 2.56. The van der Waals surface area contributed by atoms with Gasteiger partial charge in [-0.1, -0.05) is 13.8 Å². The quantitative estimate of drug-likeness (QED) is 0.306. The molecule has 0 radical (unpaired) electrons. The molecule has 0 bridgehead atoms. The summed E-state index contributed by atoms with van der Waals surface area (Å²) in [5.74, 6) is 1.51. The van der Waals surface area contributed by atoms with Crippen LogP contribution in [0.5, 0.6) is 11.5 Å². The second-order valence-corrected chi connectivity index (χ2v) is 11.2. The molecule has 4 heterocycles. The number of anilines is 1. The summed E-state index contributed by atoms with van der Waals surface area (Å²) in [6, 6.07) is 8.33. The van der Waals surface area contributed by atoms with Crippen molar-refractivity contribution in [2.24, 2.45) is 5.73 Å². The van der Waals surface area contributed by atoms with Crippen LogP contribution in [0.15, 0.2) is 36.8 Å². The molecule has 3 aromatic rings. The van der Waals surface area contributed by atoms with E-state index < -0.39 is 12.0 Å². The van der Waals surface area contributed by atoms with Gasteiger partial charge in [0.05, 0.1) is 25.7 Å². The van der Waals surface area contributed by atoms with Gasteiger partial charge in [-0.2, -0.15) is 0 Å². The Kier molecular flexibility index (Phi) is 8.48. The number of ether oxygens (including phenoxy) is 5. The summed E-state index contributed by atoms with van der Waals surface area (Å²) in [5, 5.41) is 7.96. The van der Waals surface area contributed by atoms with Crippen LogP contribution in [0.2, 0.25) is 0 Å². The monoisotopic (exact) mass is 554 g/mol. The van der Waals surface area contributed by atoms with E-state index in [0.29, 0.717) is 19.1 Å². The Bertz CT molecular complexity index is 1300. The van der Waals surface area contributed by atoms with E-state index in [4.69, 9.17) is 29.4 Å². The Hall–Kier alpha value is -2.96. The molecule has 0 spiro atoms. The standard InChI is InChI=1S/C29H42N6O5/c1-17(2)34-19(9-11-30)13-23-24-25(40-29(3,4)39-24)28(38-23)35-12-10-21-26(32-16-33-27(21)35)31-15-18-7-8-20(36-5)14-22(18)37-6/h7-8,10,12,14,16-17,19,23-25,28,34H,9,11,13,15,30H2,1-6H3,(H,31,32,33)/t19?,23-,24-,25-,28-/m1/s1. The molecular weight excluding hydrogens is 512 g/mol. The molecule has 0 saturated carbocycles. The molecule has 4 N–H and O–H groups in total. The molecule has 2 fully saturated rings. The zero-order valence-electron chi connectivity index (χ0n) is 24.2. The van der Waals surface area contributed by atoms with Gasteiger partial charge in [0, 0.05) is 36.5 Å². The van der Waals surface area contributed by atoms with Crippen molar-refractivity contribution in [1.82, 2.24) is 19.9 Å². The minimum atomic E-state index is -0.702. The van der Waals surface area contributed by atoms with E-state index in [1.54, 1.807) is 20.5 Å². The van der Waals surface area contributed by atoms with Crippen LogP contribution in [0.25, 0.3) is 11.0 Å². The average molecular weight is 555 g/mol. The highest BCUT2D eigenvalue weighted by atomic mass is 16.8. The van der Waals surface area contributed by atoms with Gasteiger partial charge in [0.2, 0.25) is 0 Å². The molecule has 2 saturated heterocycles. The summed E-state index contributed by atoms with van der Waals surface area (Å²) in [4.78, 5) is 9.15. The molecule has 2 aromatic heterocycles. The number of fused-ring (bicyclic) bond motifs is 2. The fourth-order valence-electron chi connectivity index (χ4n) is 5.79. The van der Waals surface area contributed by atoms with Gasteiger partial charge in [-0.15, -0.1) is 0 Å². The zero-order chi connectivity index (χ0) is 28.4. The average Bonchev–Trinajstić information content (AvgIpc) is 3.58. The third kappa shape index (κ3) is 5.89. The van der Waals surface area contributed by atoms with Crippen molar-refractivity contribution >= 4 is 16.9 Å². The molecule has 40 heavy (non-hydrogen) atoms. The molecule has 2 aliphatic rings. The van der Waals surface area contributed by atoms with E-state index in [1.807, 2.05) is 48.9 Å². The third-order valence-electron chi connectivity index (χ3n) is 7.45. The number of nitrogens with one attached hydrogen (secondary N) is 2. The lowest BCUT2D eigenvalue weighted by molar-refractivity contribution is -0.197. The summed E-state index contributed by atoms with van der Waals surface area (Å²) in [7, 11) is 3.29. The normalized spacial score (nSPS) is 24.4. The molecule has 5 atom stereocenters. The van der Waals surface area contributed by atoms with E-state index in [0.717, 1.165) is 46.8 Å². The van der Waals surface area contributed by atoms with Crippen LogP contribution in [-0.2, 0) is 20.8 Å². The topological polar surface area (TPSA) is 127 Å². The van der Waals surface area contributed by atoms with Gasteiger partial charge >= 0.3 is 0 Å². The van der Waals surface area contributed by atoms with Crippen LogP contribution < -0.4 is 25.8 Å². The molecule has 0 amide bonds. The molecule has 1 aromatic carbocycles. The first-order valence-electron chi connectivity index (χ1n) is 14.0. The lowest BCUT2D eigenvalue weighted by atomic mass is 10.00. The molecule has 0 aliphatic carbocycles. The van der Waals surface area contributed by atoms with E-state index in [1.165, 1.54) is 0 Å². The van der Waals surface area contributed by atoms with Crippen LogP contribution in [0.3, 0.4) is 0 Å². The minimum Gasteiger partial charge on any atom is -0.497 e. The van der Waals surface area contributed by atoms with Crippen LogP contribution >= 0.6 is 0 Å². The Balaban J connectivity index is 1.39. The minimum absolute atomic E-state index is 0.154. The van der Waals surface area contributed by atoms with Crippen molar-refractivity contribution in [3.63, 3.8) is 0 Å². The molecule has 11 nitrogen and oxygen atoms in total. The maximum Gasteiger partial charge on any atom is 0.164 e. The Labute approximate surface area is 235 Å². The fourth-order valence-corrected chi connectivity index (χ4v) is 5.79. The van der Waals surface area contributed by atoms with Gasteiger partial charge in [-0.05, 0) is 51.4 Å². The third-order valence-corrected chi connectivity index (χ3v) is 7.45. The van der Waals surface area contributed by atoms with Gasteiger partial charge in [0.1, 0.15) is 41.5 Å². The van der Waals surface area contributed by atoms with E-state index in [9.17, 15) is 0 Å². The predicted molar refractivity (Wildman–Crippen MR) is 152 cm³/mol. The van der Waals surface area contributed by atoms with Gasteiger partial charge in [-0.3, -0.25) is 0 Å². The van der Waals surface area contributed by atoms with Crippen molar-refractivity contribution in [2.75, 3.05) is 26.1 Å². The van der Waals surface area contributed by atoms with Crippen molar-refractivity contribution in [3.05, 3.63) is 42.4 Å². The molecule has 2 aliphatic heterocycles. The lowest BCUT2D eigenvalue weighted by Crippen LogP contribution is -2.41. The first-order valence-corrected chi connectivity index (χ1v) is 14.0. The molecule has 218 valence electrons. The summed E-state index contributed by atoms with van der Waals surface area (Å²) in [5.41, 5.74) is 7.67. The van der Waals surface area contributed by atoms with Gasteiger partial charge in [0.25, 0.3) is 0 Å². The number of nitrogens with two attached hydrogens (primary N) is 1. The maximum absolute atomic E-state index is 6.68. The number of methoxy groups -OCH3 is 2. The van der Waals surface area contributed by atoms with Crippen LogP contribution in [0.4, 0.5) is 5.82 Å². The summed E-state index contributed by atoms with van der Waals surface area (Å²) in [6.07, 6.45) is 4.17. The summed E-state index contributed by atoms with van der Waals surface area (Å²) >= 11 is 0. The largest absolute Gasteiger partial charge is 0.497 e. The Morgan fingerprint density at radius 3 is 2.62 bits per heavy atom. The van der Waals surface area contributed by atoms with Crippen molar-refractivity contribution in [1.29, 1.82) is 0 Å². The van der Waals surface area contributed by atoms with Crippen LogP contribution in [0.1, 0.15) is 52.3 Å². The van der Waals surface area contributed by atoms with Crippen molar-refractivity contribution in [2.45, 2.75) is 89.5 Å². The van der Waals surface area contributed by atoms with Crippen molar-refractivity contribution in [3.8, 4) is 11.5 Å². The first-order chi connectivity index (χ1) is 19.2. The summed E-state index contributed by atoms with van der Waals surface area (Å²) < 4.78 is 32.4. The highest BCUT2D eigenvalue weighted by Crippen LogP contribution is 2.45. The summed E-state index contributed by atoms with van der Waals surface area (Å²) in [6.45, 7) is 9.32. The predicted octanol–water partition coefficient (Wildman–Crippen LogP) is 3.58. The number of benzene rings is 1. The Morgan fingerprint density at radius 2 is 1.90 bits per heavy atom. The molecular formula is C29H42N6O5. The number of aromatic nitrogens is 3.